The molecule has 6 heteroatoms. The van der Waals surface area contributed by atoms with Gasteiger partial charge in [0.1, 0.15) is 0 Å². The largest absolute Gasteiger partial charge is 0.375 e. The van der Waals surface area contributed by atoms with Crippen LogP contribution in [-0.2, 0) is 22.6 Å². The molecule has 0 radical (unpaired) electrons. The summed E-state index contributed by atoms with van der Waals surface area (Å²) in [7, 11) is 0. The Morgan fingerprint density at radius 1 is 1.56 bits per heavy atom. The van der Waals surface area contributed by atoms with Gasteiger partial charge < -0.3 is 4.74 Å². The van der Waals surface area contributed by atoms with E-state index in [0.717, 1.165) is 28.7 Å². The topological polar surface area (TPSA) is 42.4 Å². The summed E-state index contributed by atoms with van der Waals surface area (Å²) in [6.07, 6.45) is 1.26. The van der Waals surface area contributed by atoms with E-state index in [1.165, 1.54) is 0 Å². The maximum atomic E-state index is 11.7. The maximum absolute atomic E-state index is 11.7. The minimum absolute atomic E-state index is 0.0759. The van der Waals surface area contributed by atoms with Crippen LogP contribution >= 0.6 is 22.9 Å². The summed E-state index contributed by atoms with van der Waals surface area (Å²) in [6.45, 7) is 1.93. The number of aromatic nitrogens is 1. The highest BCUT2D eigenvalue weighted by molar-refractivity contribution is 7.15. The van der Waals surface area contributed by atoms with Crippen molar-refractivity contribution in [2.75, 3.05) is 18.1 Å². The molecule has 86 valence electrons. The minimum Gasteiger partial charge on any atom is -0.375 e. The Balaban J connectivity index is 1.89. The first kappa shape index (κ1) is 10.5. The highest BCUT2D eigenvalue weighted by atomic mass is 35.5. The van der Waals surface area contributed by atoms with Gasteiger partial charge in [-0.15, -0.1) is 11.6 Å². The van der Waals surface area contributed by atoms with E-state index in [0.29, 0.717) is 19.6 Å². The molecular formula is C10H11ClN2O2S. The van der Waals surface area contributed by atoms with E-state index in [2.05, 4.69) is 4.98 Å². The van der Waals surface area contributed by atoms with Crippen molar-refractivity contribution in [3.8, 4) is 0 Å². The van der Waals surface area contributed by atoms with Gasteiger partial charge in [-0.3, -0.25) is 9.69 Å². The Morgan fingerprint density at radius 2 is 2.44 bits per heavy atom. The lowest BCUT2D eigenvalue weighted by Gasteiger charge is -2.10. The Hall–Kier alpha value is -0.650. The van der Waals surface area contributed by atoms with E-state index in [4.69, 9.17) is 16.3 Å². The number of thiazole rings is 1. The molecule has 1 amide bonds. The fraction of sp³-hybridized carbons (Fsp3) is 0.600. The maximum Gasteiger partial charge on any atom is 0.230 e. The average Bonchev–Trinajstić information content (AvgIpc) is 2.81. The third kappa shape index (κ3) is 1.73. The van der Waals surface area contributed by atoms with E-state index in [1.54, 1.807) is 16.2 Å². The monoisotopic (exact) mass is 258 g/mol. The number of fused-ring (bicyclic) bond motifs is 1. The van der Waals surface area contributed by atoms with Gasteiger partial charge in [-0.1, -0.05) is 11.3 Å². The van der Waals surface area contributed by atoms with Gasteiger partial charge in [0.25, 0.3) is 0 Å². The molecular weight excluding hydrogens is 248 g/mol. The van der Waals surface area contributed by atoms with Crippen LogP contribution in [0.15, 0.2) is 0 Å². The van der Waals surface area contributed by atoms with Crippen molar-refractivity contribution in [2.24, 2.45) is 0 Å². The third-order valence-corrected chi connectivity index (χ3v) is 4.18. The standard InChI is InChI=1S/C10H11ClN2O2S/c11-6-3-9(14)13(4-6)10-12-7-1-2-15-5-8(7)16-10/h6H,1-5H2. The minimum atomic E-state index is -0.0790. The van der Waals surface area contributed by atoms with Gasteiger partial charge in [0.15, 0.2) is 5.13 Å². The number of carbonyl (C=O) groups excluding carboxylic acids is 1. The number of alkyl halides is 1. The molecule has 0 saturated carbocycles. The Labute approximate surface area is 102 Å². The van der Waals surface area contributed by atoms with E-state index in [1.807, 2.05) is 0 Å². The first-order chi connectivity index (χ1) is 7.74. The summed E-state index contributed by atoms with van der Waals surface area (Å²) < 4.78 is 5.36. The quantitative estimate of drug-likeness (QED) is 0.718. The SMILES string of the molecule is O=C1CC(Cl)CN1c1nc2c(s1)COCC2. The van der Waals surface area contributed by atoms with Crippen molar-refractivity contribution < 1.29 is 9.53 Å². The summed E-state index contributed by atoms with van der Waals surface area (Å²) in [5, 5.41) is 0.702. The van der Waals surface area contributed by atoms with Crippen LogP contribution in [0.4, 0.5) is 5.13 Å². The van der Waals surface area contributed by atoms with Gasteiger partial charge in [0.05, 0.1) is 29.2 Å². The van der Waals surface area contributed by atoms with Crippen molar-refractivity contribution in [3.63, 3.8) is 0 Å². The molecule has 16 heavy (non-hydrogen) atoms. The summed E-state index contributed by atoms with van der Waals surface area (Å²) in [5.74, 6) is 0.0759. The van der Waals surface area contributed by atoms with E-state index in [-0.39, 0.29) is 11.3 Å². The predicted octanol–water partition coefficient (Wildman–Crippen LogP) is 1.56. The Morgan fingerprint density at radius 3 is 3.12 bits per heavy atom. The third-order valence-electron chi connectivity index (χ3n) is 2.79. The van der Waals surface area contributed by atoms with Crippen LogP contribution in [0.1, 0.15) is 17.0 Å². The van der Waals surface area contributed by atoms with Crippen molar-refractivity contribution in [1.29, 1.82) is 0 Å². The zero-order chi connectivity index (χ0) is 11.1. The van der Waals surface area contributed by atoms with Crippen LogP contribution in [0.2, 0.25) is 0 Å². The molecule has 3 heterocycles. The van der Waals surface area contributed by atoms with Gasteiger partial charge in [0, 0.05) is 19.4 Å². The zero-order valence-corrected chi connectivity index (χ0v) is 10.2. The second-order valence-corrected chi connectivity index (χ2v) is 5.65. The number of anilines is 1. The van der Waals surface area contributed by atoms with E-state index in [9.17, 15) is 4.79 Å². The highest BCUT2D eigenvalue weighted by Gasteiger charge is 2.32. The number of nitrogens with zero attached hydrogens (tertiary/aromatic N) is 2. The molecule has 0 aliphatic carbocycles. The Kier molecular flexibility index (Phi) is 2.61. The molecule has 1 atom stereocenters. The Bertz CT molecular complexity index is 411. The molecule has 1 aromatic heterocycles. The molecule has 0 N–H and O–H groups in total. The summed E-state index contributed by atoms with van der Waals surface area (Å²) in [4.78, 5) is 19.0. The molecule has 2 aliphatic rings. The lowest BCUT2D eigenvalue weighted by atomic mass is 10.2. The number of carbonyl (C=O) groups is 1. The van der Waals surface area contributed by atoms with Gasteiger partial charge in [-0.05, 0) is 0 Å². The van der Waals surface area contributed by atoms with Crippen molar-refractivity contribution in [1.82, 2.24) is 4.98 Å². The van der Waals surface area contributed by atoms with Gasteiger partial charge in [0.2, 0.25) is 5.91 Å². The number of ether oxygens (including phenoxy) is 1. The van der Waals surface area contributed by atoms with Crippen LogP contribution in [0.5, 0.6) is 0 Å². The van der Waals surface area contributed by atoms with Gasteiger partial charge >= 0.3 is 0 Å². The van der Waals surface area contributed by atoms with Gasteiger partial charge in [-0.2, -0.15) is 0 Å². The molecule has 1 saturated heterocycles. The first-order valence-electron chi connectivity index (χ1n) is 5.25. The fourth-order valence-electron chi connectivity index (χ4n) is 1.98. The first-order valence-corrected chi connectivity index (χ1v) is 6.50. The molecule has 0 bridgehead atoms. The molecule has 1 aromatic rings. The van der Waals surface area contributed by atoms with Crippen LogP contribution in [0.3, 0.4) is 0 Å². The van der Waals surface area contributed by atoms with E-state index >= 15 is 0 Å². The van der Waals surface area contributed by atoms with Crippen molar-refractivity contribution in [3.05, 3.63) is 10.6 Å². The number of halogens is 1. The normalized spacial score (nSPS) is 24.9. The molecule has 3 rings (SSSR count). The molecule has 1 fully saturated rings. The second-order valence-electron chi connectivity index (χ2n) is 3.97. The molecule has 1 unspecified atom stereocenters. The van der Waals surface area contributed by atoms with Crippen LogP contribution in [-0.4, -0.2) is 29.4 Å². The smallest absolute Gasteiger partial charge is 0.230 e. The number of hydrogen-bond acceptors (Lipinski definition) is 4. The number of amides is 1. The molecule has 2 aliphatic heterocycles. The van der Waals surface area contributed by atoms with Crippen LogP contribution in [0, 0.1) is 0 Å². The molecule has 4 nitrogen and oxygen atoms in total. The average molecular weight is 259 g/mol. The molecule has 0 spiro atoms. The van der Waals surface area contributed by atoms with E-state index < -0.39 is 0 Å². The predicted molar refractivity (Wildman–Crippen MR) is 62.1 cm³/mol. The zero-order valence-electron chi connectivity index (χ0n) is 8.61. The summed E-state index contributed by atoms with van der Waals surface area (Å²) in [5.41, 5.74) is 1.08. The van der Waals surface area contributed by atoms with Crippen molar-refractivity contribution in [2.45, 2.75) is 24.8 Å². The second kappa shape index (κ2) is 3.98. The highest BCUT2D eigenvalue weighted by Crippen LogP contribution is 2.32. The van der Waals surface area contributed by atoms with Gasteiger partial charge in [-0.25, -0.2) is 4.98 Å². The lowest BCUT2D eigenvalue weighted by Crippen LogP contribution is -2.24. The summed E-state index contributed by atoms with van der Waals surface area (Å²) in [6, 6.07) is 0. The fourth-order valence-corrected chi connectivity index (χ4v) is 3.32. The van der Waals surface area contributed by atoms with Crippen molar-refractivity contribution >= 4 is 34.0 Å². The van der Waals surface area contributed by atoms with Crippen LogP contribution < -0.4 is 4.90 Å². The number of rotatable bonds is 1. The summed E-state index contributed by atoms with van der Waals surface area (Å²) >= 11 is 7.52. The van der Waals surface area contributed by atoms with Crippen LogP contribution in [0.25, 0.3) is 0 Å². The lowest BCUT2D eigenvalue weighted by molar-refractivity contribution is -0.117. The number of hydrogen-bond donors (Lipinski definition) is 0. The molecule has 0 aromatic carbocycles.